The van der Waals surface area contributed by atoms with Crippen molar-refractivity contribution >= 4 is 39.8 Å². The smallest absolute Gasteiger partial charge is 0.236 e. The third kappa shape index (κ3) is 5.00. The van der Waals surface area contributed by atoms with Gasteiger partial charge in [0, 0.05) is 5.69 Å². The number of likely N-dealkylation sites (N-methyl/N-ethyl adjacent to an activating group) is 1. The second kappa shape index (κ2) is 9.03. The van der Waals surface area contributed by atoms with Gasteiger partial charge in [0.25, 0.3) is 0 Å². The van der Waals surface area contributed by atoms with Crippen LogP contribution in [0.5, 0.6) is 0 Å². The van der Waals surface area contributed by atoms with Gasteiger partial charge in [0.15, 0.2) is 4.34 Å². The summed E-state index contributed by atoms with van der Waals surface area (Å²) in [6.45, 7) is 13.3. The molecule has 0 unspecified atom stereocenters. The number of aryl methyl sites for hydroxylation is 1. The van der Waals surface area contributed by atoms with E-state index in [1.165, 1.54) is 34.2 Å². The van der Waals surface area contributed by atoms with Crippen LogP contribution >= 0.6 is 23.1 Å². The van der Waals surface area contributed by atoms with Crippen molar-refractivity contribution in [1.82, 2.24) is 15.1 Å². The predicted octanol–water partition coefficient (Wildman–Crippen LogP) is 2.13. The van der Waals surface area contributed by atoms with Crippen molar-refractivity contribution in [1.29, 1.82) is 0 Å². The fourth-order valence-corrected chi connectivity index (χ4v) is 5.16. The van der Waals surface area contributed by atoms with Crippen molar-refractivity contribution in [2.45, 2.75) is 37.3 Å². The van der Waals surface area contributed by atoms with Crippen LogP contribution in [0.1, 0.15) is 25.0 Å². The molecule has 3 rings (SSSR count). The number of thioether (sulfide) groups is 1. The summed E-state index contributed by atoms with van der Waals surface area (Å²) in [6.07, 6.45) is 0. The highest BCUT2D eigenvalue weighted by atomic mass is 32.2. The van der Waals surface area contributed by atoms with Crippen LogP contribution in [0.15, 0.2) is 22.5 Å². The number of carbonyl (C=O) groups is 1. The van der Waals surface area contributed by atoms with Crippen LogP contribution in [-0.2, 0) is 4.79 Å². The minimum atomic E-state index is -0.144. The fourth-order valence-electron chi connectivity index (χ4n) is 3.17. The number of carbonyl (C=O) groups excluding carboxylic acids is 1. The number of benzene rings is 1. The van der Waals surface area contributed by atoms with Crippen molar-refractivity contribution in [3.63, 3.8) is 0 Å². The van der Waals surface area contributed by atoms with E-state index in [0.29, 0.717) is 0 Å². The van der Waals surface area contributed by atoms with Gasteiger partial charge in [-0.3, -0.25) is 4.79 Å². The van der Waals surface area contributed by atoms with Crippen molar-refractivity contribution in [2.24, 2.45) is 0 Å². The van der Waals surface area contributed by atoms with Crippen molar-refractivity contribution in [3.8, 4) is 0 Å². The Morgan fingerprint density at radius 2 is 2.07 bits per heavy atom. The van der Waals surface area contributed by atoms with Gasteiger partial charge in [-0.1, -0.05) is 35.2 Å². The van der Waals surface area contributed by atoms with E-state index in [9.17, 15) is 4.79 Å². The number of piperazine rings is 1. The molecule has 2 N–H and O–H groups in total. The Bertz CT molecular complexity index is 786. The van der Waals surface area contributed by atoms with Crippen LogP contribution in [-0.4, -0.2) is 59.0 Å². The number of anilines is 2. The first-order valence-corrected chi connectivity index (χ1v) is 11.1. The van der Waals surface area contributed by atoms with Gasteiger partial charge in [-0.05, 0) is 44.9 Å². The molecular weight excluding hydrogens is 378 g/mol. The van der Waals surface area contributed by atoms with Crippen LogP contribution in [0.2, 0.25) is 0 Å². The average Bonchev–Trinajstić information content (AvgIpc) is 3.11. The number of aromatic nitrogens is 2. The monoisotopic (exact) mass is 406 g/mol. The lowest BCUT2D eigenvalue weighted by Crippen LogP contribution is -3.14. The molecule has 146 valence electrons. The zero-order chi connectivity index (χ0) is 19.4. The van der Waals surface area contributed by atoms with Gasteiger partial charge < -0.3 is 15.1 Å². The molecule has 1 aromatic heterocycles. The lowest BCUT2D eigenvalue weighted by atomic mass is 10.1. The summed E-state index contributed by atoms with van der Waals surface area (Å²) < 4.78 is 0.821. The second-order valence-corrected chi connectivity index (χ2v) is 9.50. The molecule has 27 heavy (non-hydrogen) atoms. The molecule has 1 saturated heterocycles. The molecule has 1 aliphatic heterocycles. The van der Waals surface area contributed by atoms with E-state index in [4.69, 9.17) is 0 Å². The van der Waals surface area contributed by atoms with E-state index >= 15 is 0 Å². The molecule has 2 heterocycles. The lowest BCUT2D eigenvalue weighted by Gasteiger charge is -2.32. The highest BCUT2D eigenvalue weighted by molar-refractivity contribution is 8.02. The number of nitrogens with one attached hydrogen (secondary N) is 2. The van der Waals surface area contributed by atoms with E-state index in [1.54, 1.807) is 4.90 Å². The van der Waals surface area contributed by atoms with Gasteiger partial charge in [-0.2, -0.15) is 0 Å². The largest absolute Gasteiger partial charge is 0.332 e. The number of quaternary nitrogens is 1. The van der Waals surface area contributed by atoms with Gasteiger partial charge >= 0.3 is 0 Å². The first kappa shape index (κ1) is 20.1. The zero-order valence-corrected chi connectivity index (χ0v) is 18.0. The van der Waals surface area contributed by atoms with Gasteiger partial charge in [-0.15, -0.1) is 10.2 Å². The number of hydrogen-bond acceptors (Lipinski definition) is 6. The lowest BCUT2D eigenvalue weighted by molar-refractivity contribution is -0.902. The molecule has 0 spiro atoms. The van der Waals surface area contributed by atoms with E-state index in [-0.39, 0.29) is 11.2 Å². The van der Waals surface area contributed by atoms with Crippen LogP contribution in [0, 0.1) is 13.8 Å². The molecule has 1 atom stereocenters. The van der Waals surface area contributed by atoms with Crippen LogP contribution in [0.4, 0.5) is 10.8 Å². The summed E-state index contributed by atoms with van der Waals surface area (Å²) in [5.74, 6) is 0.203. The first-order chi connectivity index (χ1) is 13.0. The Labute approximate surface area is 169 Å². The second-order valence-electron chi connectivity index (χ2n) is 6.93. The maximum Gasteiger partial charge on any atom is 0.236 e. The van der Waals surface area contributed by atoms with Crippen LogP contribution in [0.3, 0.4) is 0 Å². The van der Waals surface area contributed by atoms with E-state index in [2.05, 4.69) is 42.4 Å². The molecule has 6 nitrogen and oxygen atoms in total. The molecule has 0 bridgehead atoms. The average molecular weight is 407 g/mol. The van der Waals surface area contributed by atoms with E-state index in [1.807, 2.05) is 24.0 Å². The maximum absolute atomic E-state index is 12.7. The fraction of sp³-hybridized carbons (Fsp3) is 0.526. The normalized spacial score (nSPS) is 16.4. The molecular formula is C19H28N5OS2+. The zero-order valence-electron chi connectivity index (χ0n) is 16.4. The molecule has 2 aromatic rings. The van der Waals surface area contributed by atoms with E-state index in [0.717, 1.165) is 47.9 Å². The van der Waals surface area contributed by atoms with Crippen LogP contribution < -0.4 is 10.2 Å². The Morgan fingerprint density at radius 1 is 1.33 bits per heavy atom. The number of amides is 1. The summed E-state index contributed by atoms with van der Waals surface area (Å²) >= 11 is 2.99. The summed E-state index contributed by atoms with van der Waals surface area (Å²) in [7, 11) is 0. The van der Waals surface area contributed by atoms with Crippen molar-refractivity contribution in [2.75, 3.05) is 38.0 Å². The van der Waals surface area contributed by atoms with Gasteiger partial charge in [0.2, 0.25) is 11.0 Å². The minimum Gasteiger partial charge on any atom is -0.332 e. The highest BCUT2D eigenvalue weighted by Crippen LogP contribution is 2.32. The maximum atomic E-state index is 12.7. The molecule has 0 radical (unpaired) electrons. The molecule has 1 aromatic carbocycles. The summed E-state index contributed by atoms with van der Waals surface area (Å²) in [5.41, 5.74) is 3.49. The van der Waals surface area contributed by atoms with Crippen LogP contribution in [0.25, 0.3) is 0 Å². The van der Waals surface area contributed by atoms with Gasteiger partial charge in [0.1, 0.15) is 0 Å². The van der Waals surface area contributed by atoms with Gasteiger partial charge in [0.05, 0.1) is 38.0 Å². The highest BCUT2D eigenvalue weighted by Gasteiger charge is 2.27. The van der Waals surface area contributed by atoms with Crippen molar-refractivity contribution < 1.29 is 9.69 Å². The number of hydrogen-bond donors (Lipinski definition) is 2. The quantitative estimate of drug-likeness (QED) is 0.720. The molecule has 1 aliphatic rings. The summed E-state index contributed by atoms with van der Waals surface area (Å²) in [4.78, 5) is 16.3. The number of rotatable bonds is 6. The summed E-state index contributed by atoms with van der Waals surface area (Å²) in [6, 6.07) is 6.17. The van der Waals surface area contributed by atoms with Crippen molar-refractivity contribution in [3.05, 3.63) is 29.3 Å². The SMILES string of the molecule is CC[NH+]1CCN(C(=O)[C@@H](C)Sc2nnc(Nc3cccc(C)c3C)s2)CC1. The minimum absolute atomic E-state index is 0.144. The predicted molar refractivity (Wildman–Crippen MR) is 112 cm³/mol. The molecule has 1 amide bonds. The molecule has 0 aliphatic carbocycles. The Balaban J connectivity index is 1.57. The third-order valence-corrected chi connectivity index (χ3v) is 7.17. The first-order valence-electron chi connectivity index (χ1n) is 9.43. The Kier molecular flexibility index (Phi) is 6.73. The standard InChI is InChI=1S/C19H27N5OS2/c1-5-23-9-11-24(12-10-23)17(25)15(4)26-19-22-21-18(27-19)20-16-8-6-7-13(2)14(16)3/h6-8,15H,5,9-12H2,1-4H3,(H,20,21)/p+1/t15-/m1/s1. The molecule has 0 saturated carbocycles. The van der Waals surface area contributed by atoms with E-state index < -0.39 is 0 Å². The molecule has 8 heteroatoms. The third-order valence-electron chi connectivity index (χ3n) is 5.16. The summed E-state index contributed by atoms with van der Waals surface area (Å²) in [5, 5.41) is 12.4. The number of nitrogens with zero attached hydrogens (tertiary/aromatic N) is 3. The van der Waals surface area contributed by atoms with Gasteiger partial charge in [-0.25, -0.2) is 0 Å². The molecule has 1 fully saturated rings. The topological polar surface area (TPSA) is 62.6 Å². The Morgan fingerprint density at radius 3 is 2.78 bits per heavy atom. The Hall–Kier alpha value is -1.64.